The lowest BCUT2D eigenvalue weighted by molar-refractivity contribution is 0.699. The summed E-state index contributed by atoms with van der Waals surface area (Å²) in [5.74, 6) is 0.963. The van der Waals surface area contributed by atoms with Crippen molar-refractivity contribution in [2.24, 2.45) is 0 Å². The maximum Gasteiger partial charge on any atom is 0.128 e. The molecule has 0 radical (unpaired) electrons. The Balaban J connectivity index is 1.91. The first-order valence-corrected chi connectivity index (χ1v) is 8.45. The van der Waals surface area contributed by atoms with Crippen LogP contribution in [0.1, 0.15) is 36.1 Å². The smallest absolute Gasteiger partial charge is 0.128 e. The third-order valence-electron chi connectivity index (χ3n) is 3.39. The van der Waals surface area contributed by atoms with Crippen molar-refractivity contribution >= 4 is 33.3 Å². The summed E-state index contributed by atoms with van der Waals surface area (Å²) >= 11 is 3.61. The van der Waals surface area contributed by atoms with E-state index in [1.165, 1.54) is 41.5 Å². The molecule has 0 aromatic carbocycles. The maximum atomic E-state index is 8.58. The summed E-state index contributed by atoms with van der Waals surface area (Å²) in [6.45, 7) is 0. The fourth-order valence-corrected chi connectivity index (χ4v) is 4.75. The molecule has 5 heteroatoms. The van der Waals surface area contributed by atoms with Crippen molar-refractivity contribution < 1.29 is 0 Å². The van der Waals surface area contributed by atoms with Gasteiger partial charge in [-0.05, 0) is 37.7 Å². The molecule has 0 saturated carbocycles. The molecule has 1 aliphatic rings. The van der Waals surface area contributed by atoms with E-state index in [0.717, 1.165) is 22.0 Å². The first kappa shape index (κ1) is 12.9. The highest BCUT2D eigenvalue weighted by molar-refractivity contribution is 7.99. The van der Waals surface area contributed by atoms with Crippen LogP contribution in [0.15, 0.2) is 11.4 Å². The molecule has 1 aliphatic carbocycles. The zero-order valence-corrected chi connectivity index (χ0v) is 12.3. The van der Waals surface area contributed by atoms with Crippen molar-refractivity contribution in [1.82, 2.24) is 9.97 Å². The summed E-state index contributed by atoms with van der Waals surface area (Å²) < 4.78 is 0. The van der Waals surface area contributed by atoms with Crippen molar-refractivity contribution in [3.05, 3.63) is 16.8 Å². The van der Waals surface area contributed by atoms with Gasteiger partial charge in [0.15, 0.2) is 0 Å². The molecule has 2 heterocycles. The van der Waals surface area contributed by atoms with E-state index in [9.17, 15) is 0 Å². The van der Waals surface area contributed by atoms with Crippen LogP contribution in [-0.2, 0) is 12.8 Å². The Morgan fingerprint density at radius 3 is 3.11 bits per heavy atom. The Bertz CT molecular complexity index is 627. The monoisotopic (exact) mass is 289 g/mol. The minimum absolute atomic E-state index is 0.628. The van der Waals surface area contributed by atoms with Crippen LogP contribution < -0.4 is 0 Å². The Labute approximate surface area is 121 Å². The van der Waals surface area contributed by atoms with Gasteiger partial charge < -0.3 is 0 Å². The highest BCUT2D eigenvalue weighted by Crippen LogP contribution is 2.39. The van der Waals surface area contributed by atoms with E-state index >= 15 is 0 Å². The molecular weight excluding hydrogens is 274 g/mol. The van der Waals surface area contributed by atoms with E-state index in [0.29, 0.717) is 6.42 Å². The van der Waals surface area contributed by atoms with Crippen molar-refractivity contribution in [2.75, 3.05) is 5.75 Å². The quantitative estimate of drug-likeness (QED) is 0.485. The molecule has 0 amide bonds. The molecule has 19 heavy (non-hydrogen) atoms. The summed E-state index contributed by atoms with van der Waals surface area (Å²) in [4.78, 5) is 11.6. The van der Waals surface area contributed by atoms with Gasteiger partial charge in [-0.25, -0.2) is 9.97 Å². The first-order valence-electron chi connectivity index (χ1n) is 6.65. The highest BCUT2D eigenvalue weighted by atomic mass is 32.2. The molecule has 3 rings (SSSR count). The number of aromatic nitrogens is 2. The minimum atomic E-state index is 0.628. The normalized spacial score (nSPS) is 14.3. The topological polar surface area (TPSA) is 49.6 Å². The molecule has 3 nitrogen and oxygen atoms in total. The summed E-state index contributed by atoms with van der Waals surface area (Å²) in [5, 5.41) is 11.0. The average molecular weight is 289 g/mol. The van der Waals surface area contributed by atoms with Crippen molar-refractivity contribution in [3.8, 4) is 6.07 Å². The molecule has 0 saturated heterocycles. The lowest BCUT2D eigenvalue weighted by Crippen LogP contribution is -1.99. The van der Waals surface area contributed by atoms with E-state index in [-0.39, 0.29) is 0 Å². The molecule has 98 valence electrons. The predicted molar refractivity (Wildman–Crippen MR) is 79.6 cm³/mol. The van der Waals surface area contributed by atoms with Crippen LogP contribution in [0.2, 0.25) is 0 Å². The first-order chi connectivity index (χ1) is 9.40. The number of hydrogen-bond acceptors (Lipinski definition) is 5. The van der Waals surface area contributed by atoms with Crippen LogP contribution in [0, 0.1) is 11.3 Å². The lowest BCUT2D eigenvalue weighted by atomic mass is 9.97. The second kappa shape index (κ2) is 5.89. The van der Waals surface area contributed by atoms with Crippen LogP contribution in [0.5, 0.6) is 0 Å². The molecule has 0 fully saturated rings. The second-order valence-electron chi connectivity index (χ2n) is 4.68. The van der Waals surface area contributed by atoms with Gasteiger partial charge in [0.05, 0.1) is 6.07 Å². The van der Waals surface area contributed by atoms with Gasteiger partial charge in [-0.3, -0.25) is 0 Å². The SMILES string of the molecule is N#CCCCSc1ncnc2sc3c(c12)CCCC3. The second-order valence-corrected chi connectivity index (χ2v) is 6.85. The van der Waals surface area contributed by atoms with Gasteiger partial charge in [0.2, 0.25) is 0 Å². The van der Waals surface area contributed by atoms with Crippen molar-refractivity contribution in [3.63, 3.8) is 0 Å². The minimum Gasteiger partial charge on any atom is -0.229 e. The van der Waals surface area contributed by atoms with Crippen LogP contribution >= 0.6 is 23.1 Å². The molecule has 0 spiro atoms. The number of unbranched alkanes of at least 4 members (excludes halogenated alkanes) is 1. The number of thioether (sulfide) groups is 1. The lowest BCUT2D eigenvalue weighted by Gasteiger charge is -2.11. The number of thiophene rings is 1. The number of nitriles is 1. The number of hydrogen-bond donors (Lipinski definition) is 0. The van der Waals surface area contributed by atoms with Crippen LogP contribution in [-0.4, -0.2) is 15.7 Å². The molecule has 0 N–H and O–H groups in total. The highest BCUT2D eigenvalue weighted by Gasteiger charge is 2.19. The summed E-state index contributed by atoms with van der Waals surface area (Å²) in [6, 6.07) is 2.19. The van der Waals surface area contributed by atoms with Crippen LogP contribution in [0.25, 0.3) is 10.2 Å². The molecular formula is C14H15N3S2. The van der Waals surface area contributed by atoms with Gasteiger partial charge in [0.25, 0.3) is 0 Å². The van der Waals surface area contributed by atoms with E-state index in [4.69, 9.17) is 5.26 Å². The van der Waals surface area contributed by atoms with E-state index in [2.05, 4.69) is 16.0 Å². The third kappa shape index (κ3) is 2.60. The Kier molecular flexibility index (Phi) is 4.00. The molecule has 0 bridgehead atoms. The van der Waals surface area contributed by atoms with E-state index < -0.39 is 0 Å². The third-order valence-corrected chi connectivity index (χ3v) is 5.66. The van der Waals surface area contributed by atoms with Crippen LogP contribution in [0.4, 0.5) is 0 Å². The fourth-order valence-electron chi connectivity index (χ4n) is 2.49. The molecule has 0 aliphatic heterocycles. The maximum absolute atomic E-state index is 8.58. The zero-order valence-electron chi connectivity index (χ0n) is 10.7. The summed E-state index contributed by atoms with van der Waals surface area (Å²) in [5.41, 5.74) is 1.50. The molecule has 0 unspecified atom stereocenters. The van der Waals surface area contributed by atoms with Crippen molar-refractivity contribution in [2.45, 2.75) is 43.6 Å². The summed E-state index contributed by atoms with van der Waals surface area (Å²) in [6.07, 6.45) is 8.20. The van der Waals surface area contributed by atoms with E-state index in [1.54, 1.807) is 18.1 Å². The number of aryl methyl sites for hydroxylation is 2. The van der Waals surface area contributed by atoms with Gasteiger partial charge in [-0.2, -0.15) is 5.26 Å². The van der Waals surface area contributed by atoms with Gasteiger partial charge in [0, 0.05) is 22.4 Å². The average Bonchev–Trinajstić information content (AvgIpc) is 2.83. The predicted octanol–water partition coefficient (Wildman–Crippen LogP) is 3.97. The zero-order chi connectivity index (χ0) is 13.1. The largest absolute Gasteiger partial charge is 0.229 e. The standard InChI is InChI=1S/C14H15N3S2/c15-7-3-4-8-18-13-12-10-5-1-2-6-11(10)19-14(12)17-9-16-13/h9H,1-6,8H2. The number of rotatable bonds is 4. The Morgan fingerprint density at radius 1 is 1.32 bits per heavy atom. The number of fused-ring (bicyclic) bond motifs is 3. The Hall–Kier alpha value is -1.12. The fraction of sp³-hybridized carbons (Fsp3) is 0.500. The van der Waals surface area contributed by atoms with Gasteiger partial charge in [-0.15, -0.1) is 23.1 Å². The Morgan fingerprint density at radius 2 is 2.21 bits per heavy atom. The van der Waals surface area contributed by atoms with Gasteiger partial charge >= 0.3 is 0 Å². The summed E-state index contributed by atoms with van der Waals surface area (Å²) in [7, 11) is 0. The molecule has 0 atom stereocenters. The number of nitrogens with zero attached hydrogens (tertiary/aromatic N) is 3. The van der Waals surface area contributed by atoms with Crippen molar-refractivity contribution in [1.29, 1.82) is 5.26 Å². The molecule has 2 aromatic heterocycles. The van der Waals surface area contributed by atoms with Gasteiger partial charge in [0.1, 0.15) is 16.2 Å². The van der Waals surface area contributed by atoms with E-state index in [1.807, 2.05) is 11.3 Å². The van der Waals surface area contributed by atoms with Gasteiger partial charge in [-0.1, -0.05) is 0 Å². The van der Waals surface area contributed by atoms with Crippen LogP contribution in [0.3, 0.4) is 0 Å². The molecule has 2 aromatic rings.